The van der Waals surface area contributed by atoms with Crippen molar-refractivity contribution in [1.82, 2.24) is 15.3 Å². The minimum Gasteiger partial charge on any atom is -0.343 e. The first kappa shape index (κ1) is 21.9. The number of halogens is 1. The van der Waals surface area contributed by atoms with Crippen LogP contribution < -0.4 is 10.6 Å². The molecule has 0 aliphatic carbocycles. The zero-order chi connectivity index (χ0) is 23.3. The number of rotatable bonds is 5. The van der Waals surface area contributed by atoms with E-state index in [-0.39, 0.29) is 23.3 Å². The molecule has 0 bridgehead atoms. The number of nitrogens with one attached hydrogen (secondary N) is 2. The van der Waals surface area contributed by atoms with E-state index in [0.717, 1.165) is 17.3 Å². The van der Waals surface area contributed by atoms with Gasteiger partial charge in [-0.25, -0.2) is 22.8 Å². The van der Waals surface area contributed by atoms with Gasteiger partial charge in [-0.3, -0.25) is 4.79 Å². The number of anilines is 2. The van der Waals surface area contributed by atoms with Crippen molar-refractivity contribution in [3.8, 4) is 11.3 Å². The summed E-state index contributed by atoms with van der Waals surface area (Å²) in [4.78, 5) is 20.5. The normalized spacial score (nSPS) is 14.7. The molecule has 32 heavy (non-hydrogen) atoms. The molecule has 7 nitrogen and oxygen atoms in total. The first-order valence-corrected chi connectivity index (χ1v) is 12.0. The third kappa shape index (κ3) is 4.34. The predicted molar refractivity (Wildman–Crippen MR) is 121 cm³/mol. The Morgan fingerprint density at radius 2 is 1.91 bits per heavy atom. The molecule has 0 saturated carbocycles. The summed E-state index contributed by atoms with van der Waals surface area (Å²) in [5.41, 5.74) is 3.51. The van der Waals surface area contributed by atoms with Gasteiger partial charge in [-0.15, -0.1) is 0 Å². The molecule has 0 unspecified atom stereocenters. The standard InChI is InChI=1S/C23H23FN4O3S/c1-13-5-7-16(9-15(13)12-32(4,30)31)26-22-25-11-19(24)20(27-22)14-6-8-17-18(10-14)23(2,3)28-21(17)29/h5-11H,12H2,1-4H3,(H,28,29)(H,25,26,27). The van der Waals surface area contributed by atoms with Gasteiger partial charge < -0.3 is 10.6 Å². The summed E-state index contributed by atoms with van der Waals surface area (Å²) in [6, 6.07) is 10.4. The molecule has 166 valence electrons. The van der Waals surface area contributed by atoms with Gasteiger partial charge in [0.2, 0.25) is 5.95 Å². The average Bonchev–Trinajstić information content (AvgIpc) is 2.93. The third-order valence-corrected chi connectivity index (χ3v) is 6.24. The first-order valence-electron chi connectivity index (χ1n) is 9.97. The highest BCUT2D eigenvalue weighted by Crippen LogP contribution is 2.34. The van der Waals surface area contributed by atoms with Crippen LogP contribution in [0.5, 0.6) is 0 Å². The topological polar surface area (TPSA) is 101 Å². The number of nitrogens with zero attached hydrogens (tertiary/aromatic N) is 2. The fraction of sp³-hybridized carbons (Fsp3) is 0.261. The molecule has 1 aliphatic rings. The monoisotopic (exact) mass is 454 g/mol. The van der Waals surface area contributed by atoms with E-state index in [0.29, 0.717) is 22.4 Å². The number of amides is 1. The van der Waals surface area contributed by atoms with Gasteiger partial charge in [0.15, 0.2) is 15.7 Å². The zero-order valence-corrected chi connectivity index (χ0v) is 19.0. The zero-order valence-electron chi connectivity index (χ0n) is 18.2. The lowest BCUT2D eigenvalue weighted by atomic mass is 9.92. The van der Waals surface area contributed by atoms with Gasteiger partial charge in [0.05, 0.1) is 17.5 Å². The maximum absolute atomic E-state index is 14.6. The Labute approximate surface area is 186 Å². The van der Waals surface area contributed by atoms with Crippen molar-refractivity contribution >= 4 is 27.4 Å². The van der Waals surface area contributed by atoms with Gasteiger partial charge >= 0.3 is 0 Å². The van der Waals surface area contributed by atoms with Crippen LogP contribution in [0.1, 0.15) is 40.9 Å². The maximum atomic E-state index is 14.6. The number of aryl methyl sites for hydroxylation is 1. The van der Waals surface area contributed by atoms with Gasteiger partial charge in [0.1, 0.15) is 5.69 Å². The summed E-state index contributed by atoms with van der Waals surface area (Å²) >= 11 is 0. The van der Waals surface area contributed by atoms with Gasteiger partial charge in [0, 0.05) is 23.1 Å². The second-order valence-corrected chi connectivity index (χ2v) is 10.7. The van der Waals surface area contributed by atoms with Gasteiger partial charge in [0.25, 0.3) is 5.91 Å². The van der Waals surface area contributed by atoms with Crippen molar-refractivity contribution in [2.45, 2.75) is 32.1 Å². The highest BCUT2D eigenvalue weighted by atomic mass is 32.2. The SMILES string of the molecule is Cc1ccc(Nc2ncc(F)c(-c3ccc4c(c3)C(C)(C)NC4=O)n2)cc1CS(C)(=O)=O. The van der Waals surface area contributed by atoms with E-state index in [1.165, 1.54) is 6.26 Å². The molecular formula is C23H23FN4O3S. The molecule has 2 N–H and O–H groups in total. The second kappa shape index (κ2) is 7.67. The van der Waals surface area contributed by atoms with E-state index in [1.807, 2.05) is 20.8 Å². The number of fused-ring (bicyclic) bond motifs is 1. The van der Waals surface area contributed by atoms with Crippen LogP contribution in [-0.2, 0) is 21.1 Å². The number of sulfone groups is 1. The molecule has 0 radical (unpaired) electrons. The molecule has 4 rings (SSSR count). The van der Waals surface area contributed by atoms with E-state index >= 15 is 0 Å². The van der Waals surface area contributed by atoms with E-state index < -0.39 is 21.2 Å². The fourth-order valence-electron chi connectivity index (χ4n) is 3.77. The Morgan fingerprint density at radius 3 is 2.62 bits per heavy atom. The van der Waals surface area contributed by atoms with Crippen molar-refractivity contribution in [1.29, 1.82) is 0 Å². The maximum Gasteiger partial charge on any atom is 0.252 e. The smallest absolute Gasteiger partial charge is 0.252 e. The minimum absolute atomic E-state index is 0.0818. The summed E-state index contributed by atoms with van der Waals surface area (Å²) in [7, 11) is -3.19. The van der Waals surface area contributed by atoms with Crippen LogP contribution in [-0.4, -0.2) is 30.5 Å². The molecule has 2 heterocycles. The van der Waals surface area contributed by atoms with Crippen LogP contribution >= 0.6 is 0 Å². The van der Waals surface area contributed by atoms with E-state index in [4.69, 9.17) is 0 Å². The predicted octanol–water partition coefficient (Wildman–Crippen LogP) is 3.86. The number of carbonyl (C=O) groups is 1. The Morgan fingerprint density at radius 1 is 1.16 bits per heavy atom. The summed E-state index contributed by atoms with van der Waals surface area (Å²) in [6.45, 7) is 5.61. The highest BCUT2D eigenvalue weighted by molar-refractivity contribution is 7.89. The van der Waals surface area contributed by atoms with E-state index in [2.05, 4.69) is 20.6 Å². The molecule has 2 aromatic carbocycles. The van der Waals surface area contributed by atoms with Crippen molar-refractivity contribution in [2.75, 3.05) is 11.6 Å². The first-order chi connectivity index (χ1) is 14.9. The van der Waals surface area contributed by atoms with Crippen LogP contribution in [0.4, 0.5) is 16.0 Å². The summed E-state index contributed by atoms with van der Waals surface area (Å²) in [5.74, 6) is -0.662. The molecular weight excluding hydrogens is 431 g/mol. The molecule has 1 amide bonds. The van der Waals surface area contributed by atoms with Crippen molar-refractivity contribution in [2.24, 2.45) is 0 Å². The summed E-state index contributed by atoms with van der Waals surface area (Å²) < 4.78 is 38.0. The number of carbonyl (C=O) groups excluding carboxylic acids is 1. The second-order valence-electron chi connectivity index (χ2n) is 8.57. The van der Waals surface area contributed by atoms with Crippen LogP contribution in [0, 0.1) is 12.7 Å². The lowest BCUT2D eigenvalue weighted by Crippen LogP contribution is -2.32. The van der Waals surface area contributed by atoms with Crippen molar-refractivity contribution < 1.29 is 17.6 Å². The third-order valence-electron chi connectivity index (χ3n) is 5.40. The Kier molecular flexibility index (Phi) is 5.24. The Bertz CT molecular complexity index is 1350. The van der Waals surface area contributed by atoms with Gasteiger partial charge in [-0.05, 0) is 61.7 Å². The van der Waals surface area contributed by atoms with Crippen LogP contribution in [0.3, 0.4) is 0 Å². The number of hydrogen-bond donors (Lipinski definition) is 2. The largest absolute Gasteiger partial charge is 0.343 e. The molecule has 0 saturated heterocycles. The fourth-order valence-corrected chi connectivity index (χ4v) is 4.65. The number of benzene rings is 2. The summed E-state index contributed by atoms with van der Waals surface area (Å²) in [5, 5.41) is 5.92. The molecule has 0 fully saturated rings. The Balaban J connectivity index is 1.68. The van der Waals surface area contributed by atoms with Crippen molar-refractivity contribution in [3.05, 3.63) is 70.7 Å². The molecule has 3 aromatic rings. The van der Waals surface area contributed by atoms with E-state index in [1.54, 1.807) is 36.4 Å². The lowest BCUT2D eigenvalue weighted by Gasteiger charge is -2.19. The molecule has 1 aliphatic heterocycles. The highest BCUT2D eigenvalue weighted by Gasteiger charge is 2.35. The lowest BCUT2D eigenvalue weighted by molar-refractivity contribution is 0.0940. The minimum atomic E-state index is -3.19. The average molecular weight is 455 g/mol. The van der Waals surface area contributed by atoms with Crippen molar-refractivity contribution in [3.63, 3.8) is 0 Å². The summed E-state index contributed by atoms with van der Waals surface area (Å²) in [6.07, 6.45) is 2.26. The number of aromatic nitrogens is 2. The quantitative estimate of drug-likeness (QED) is 0.607. The number of hydrogen-bond acceptors (Lipinski definition) is 6. The molecule has 1 aromatic heterocycles. The molecule has 0 spiro atoms. The molecule has 9 heteroatoms. The van der Waals surface area contributed by atoms with Crippen LogP contribution in [0.25, 0.3) is 11.3 Å². The van der Waals surface area contributed by atoms with Gasteiger partial charge in [-0.1, -0.05) is 12.1 Å². The van der Waals surface area contributed by atoms with Crippen LogP contribution in [0.2, 0.25) is 0 Å². The van der Waals surface area contributed by atoms with E-state index in [9.17, 15) is 17.6 Å². The van der Waals surface area contributed by atoms with Gasteiger partial charge in [-0.2, -0.15) is 0 Å². The molecule has 0 atom stereocenters. The Hall–Kier alpha value is -3.33. The van der Waals surface area contributed by atoms with Crippen LogP contribution in [0.15, 0.2) is 42.6 Å².